The molecule has 0 heterocycles. The molecule has 3 N–H and O–H groups in total. The second-order valence-electron chi connectivity index (χ2n) is 4.58. The molecule has 0 aliphatic carbocycles. The second-order valence-corrected chi connectivity index (χ2v) is 5.43. The molecule has 4 nitrogen and oxygen atoms in total. The van der Waals surface area contributed by atoms with E-state index >= 15 is 0 Å². The zero-order valence-corrected chi connectivity index (χ0v) is 13.0. The van der Waals surface area contributed by atoms with Crippen molar-refractivity contribution in [3.63, 3.8) is 0 Å². The standard InChI is InChI=1S/C13H15BrF3NO3/c1-6(19)11(21-7(2)20)5-8-3-9(13(15,16)17)12(18)10(14)4-8/h3-4,7,11,20H,5,18H2,1-2H3/t7?,11-/m1/s1. The Hall–Kier alpha value is -1.12. The zero-order chi connectivity index (χ0) is 16.4. The van der Waals surface area contributed by atoms with Crippen LogP contribution < -0.4 is 5.73 Å². The molecule has 0 saturated heterocycles. The minimum atomic E-state index is -4.60. The van der Waals surface area contributed by atoms with Gasteiger partial charge in [0.05, 0.1) is 11.3 Å². The van der Waals surface area contributed by atoms with Crippen LogP contribution in [0.4, 0.5) is 18.9 Å². The van der Waals surface area contributed by atoms with Crippen LogP contribution in [0.15, 0.2) is 16.6 Å². The van der Waals surface area contributed by atoms with E-state index in [0.717, 1.165) is 6.07 Å². The number of aliphatic hydroxyl groups excluding tert-OH is 1. The van der Waals surface area contributed by atoms with Crippen molar-refractivity contribution in [2.75, 3.05) is 5.73 Å². The Morgan fingerprint density at radius 2 is 2.05 bits per heavy atom. The summed E-state index contributed by atoms with van der Waals surface area (Å²) in [6.45, 7) is 2.56. The fourth-order valence-electron chi connectivity index (χ4n) is 1.77. The van der Waals surface area contributed by atoms with Crippen molar-refractivity contribution in [1.29, 1.82) is 0 Å². The third kappa shape index (κ3) is 4.98. The van der Waals surface area contributed by atoms with Crippen LogP contribution in [0.25, 0.3) is 0 Å². The Labute approximate surface area is 128 Å². The number of ether oxygens (including phenoxy) is 1. The highest BCUT2D eigenvalue weighted by atomic mass is 79.9. The first-order valence-electron chi connectivity index (χ1n) is 6.01. The first kappa shape index (κ1) is 17.9. The molecule has 0 aliphatic heterocycles. The molecule has 1 unspecified atom stereocenters. The molecule has 0 fully saturated rings. The summed E-state index contributed by atoms with van der Waals surface area (Å²) in [4.78, 5) is 11.4. The monoisotopic (exact) mass is 369 g/mol. The molecule has 2 atom stereocenters. The van der Waals surface area contributed by atoms with E-state index in [2.05, 4.69) is 15.9 Å². The summed E-state index contributed by atoms with van der Waals surface area (Å²) < 4.78 is 43.7. The molecular weight excluding hydrogens is 355 g/mol. The third-order valence-electron chi connectivity index (χ3n) is 2.73. The average molecular weight is 370 g/mol. The van der Waals surface area contributed by atoms with Gasteiger partial charge >= 0.3 is 6.18 Å². The predicted molar refractivity (Wildman–Crippen MR) is 74.5 cm³/mol. The SMILES string of the molecule is CC(=O)[C@@H](Cc1cc(Br)c(N)c(C(F)(F)F)c1)OC(C)O. The van der Waals surface area contributed by atoms with Gasteiger partial charge in [-0.1, -0.05) is 0 Å². The molecule has 0 aliphatic rings. The van der Waals surface area contributed by atoms with Gasteiger partial charge in [-0.05, 0) is 47.5 Å². The van der Waals surface area contributed by atoms with Crippen molar-refractivity contribution >= 4 is 27.4 Å². The number of alkyl halides is 3. The van der Waals surface area contributed by atoms with Crippen LogP contribution in [-0.4, -0.2) is 23.3 Å². The summed E-state index contributed by atoms with van der Waals surface area (Å²) in [7, 11) is 0. The average Bonchev–Trinajstić information content (AvgIpc) is 2.30. The smallest absolute Gasteiger partial charge is 0.397 e. The number of anilines is 1. The van der Waals surface area contributed by atoms with Gasteiger partial charge in [-0.2, -0.15) is 13.2 Å². The maximum atomic E-state index is 12.9. The number of hydrogen-bond donors (Lipinski definition) is 2. The topological polar surface area (TPSA) is 72.6 Å². The molecule has 118 valence electrons. The quantitative estimate of drug-likeness (QED) is 0.618. The minimum Gasteiger partial charge on any atom is -0.397 e. The molecule has 1 aromatic carbocycles. The number of rotatable bonds is 5. The number of carbonyl (C=O) groups is 1. The lowest BCUT2D eigenvalue weighted by Crippen LogP contribution is -2.28. The Kier molecular flexibility index (Phi) is 5.77. The molecule has 0 bridgehead atoms. The van der Waals surface area contributed by atoms with Crippen molar-refractivity contribution in [3.8, 4) is 0 Å². The summed E-state index contributed by atoms with van der Waals surface area (Å²) in [5.41, 5.74) is 4.23. The zero-order valence-electron chi connectivity index (χ0n) is 11.4. The maximum Gasteiger partial charge on any atom is 0.418 e. The molecule has 0 amide bonds. The lowest BCUT2D eigenvalue weighted by Gasteiger charge is -2.19. The molecule has 0 saturated carbocycles. The fraction of sp³-hybridized carbons (Fsp3) is 0.462. The van der Waals surface area contributed by atoms with Crippen LogP contribution in [0.1, 0.15) is 25.0 Å². The first-order chi connectivity index (χ1) is 9.52. The Morgan fingerprint density at radius 3 is 2.48 bits per heavy atom. The number of benzene rings is 1. The highest BCUT2D eigenvalue weighted by Gasteiger charge is 2.34. The molecule has 0 spiro atoms. The number of nitrogens with two attached hydrogens (primary N) is 1. The highest BCUT2D eigenvalue weighted by Crippen LogP contribution is 2.38. The largest absolute Gasteiger partial charge is 0.418 e. The molecule has 0 aromatic heterocycles. The van der Waals surface area contributed by atoms with Crippen molar-refractivity contribution in [2.24, 2.45) is 0 Å². The number of ketones is 1. The molecule has 0 radical (unpaired) electrons. The summed E-state index contributed by atoms with van der Waals surface area (Å²) >= 11 is 2.97. The lowest BCUT2D eigenvalue weighted by molar-refractivity contribution is -0.152. The number of halogens is 4. The molecule has 21 heavy (non-hydrogen) atoms. The fourth-order valence-corrected chi connectivity index (χ4v) is 2.27. The van der Waals surface area contributed by atoms with E-state index < -0.39 is 35.6 Å². The summed E-state index contributed by atoms with van der Waals surface area (Å²) in [6, 6.07) is 2.27. The number of carbonyl (C=O) groups excluding carboxylic acids is 1. The van der Waals surface area contributed by atoms with Crippen LogP contribution in [0.3, 0.4) is 0 Å². The van der Waals surface area contributed by atoms with Crippen LogP contribution >= 0.6 is 15.9 Å². The molecule has 1 aromatic rings. The summed E-state index contributed by atoms with van der Waals surface area (Å²) in [5, 5.41) is 9.15. The van der Waals surface area contributed by atoms with Gasteiger partial charge in [0.2, 0.25) is 0 Å². The number of aliphatic hydroxyl groups is 1. The van der Waals surface area contributed by atoms with Crippen LogP contribution in [0.5, 0.6) is 0 Å². The molecule has 8 heteroatoms. The van der Waals surface area contributed by atoms with Crippen LogP contribution in [0, 0.1) is 0 Å². The van der Waals surface area contributed by atoms with E-state index in [9.17, 15) is 18.0 Å². The van der Waals surface area contributed by atoms with Gasteiger partial charge in [-0.15, -0.1) is 0 Å². The van der Waals surface area contributed by atoms with Gasteiger partial charge in [0.15, 0.2) is 12.1 Å². The van der Waals surface area contributed by atoms with E-state index in [1.165, 1.54) is 19.9 Å². The Balaban J connectivity index is 3.14. The van der Waals surface area contributed by atoms with E-state index in [1.54, 1.807) is 0 Å². The van der Waals surface area contributed by atoms with Crippen molar-refractivity contribution in [2.45, 2.75) is 38.8 Å². The van der Waals surface area contributed by atoms with E-state index in [1.807, 2.05) is 0 Å². The number of hydrogen-bond acceptors (Lipinski definition) is 4. The highest BCUT2D eigenvalue weighted by molar-refractivity contribution is 9.10. The van der Waals surface area contributed by atoms with E-state index in [-0.39, 0.29) is 16.5 Å². The molecular formula is C13H15BrF3NO3. The summed E-state index contributed by atoms with van der Waals surface area (Å²) in [6.07, 6.45) is -6.92. The predicted octanol–water partition coefficient (Wildman–Crippen LogP) is 2.91. The normalized spacial score (nSPS) is 14.8. The van der Waals surface area contributed by atoms with Gasteiger partial charge in [-0.25, -0.2) is 0 Å². The molecule has 1 rings (SSSR count). The van der Waals surface area contributed by atoms with Gasteiger partial charge in [0.1, 0.15) is 6.10 Å². The van der Waals surface area contributed by atoms with Gasteiger partial charge < -0.3 is 15.6 Å². The van der Waals surface area contributed by atoms with Gasteiger partial charge in [-0.3, -0.25) is 4.79 Å². The van der Waals surface area contributed by atoms with E-state index in [0.29, 0.717) is 0 Å². The lowest BCUT2D eigenvalue weighted by atomic mass is 10.0. The summed E-state index contributed by atoms with van der Waals surface area (Å²) in [5.74, 6) is -0.391. The van der Waals surface area contributed by atoms with Crippen molar-refractivity contribution in [3.05, 3.63) is 27.7 Å². The van der Waals surface area contributed by atoms with E-state index in [4.69, 9.17) is 15.6 Å². The Bertz CT molecular complexity index is 532. The second kappa shape index (κ2) is 6.76. The third-order valence-corrected chi connectivity index (χ3v) is 3.39. The van der Waals surface area contributed by atoms with Crippen LogP contribution in [0.2, 0.25) is 0 Å². The van der Waals surface area contributed by atoms with Gasteiger partial charge in [0.25, 0.3) is 0 Å². The first-order valence-corrected chi connectivity index (χ1v) is 6.80. The minimum absolute atomic E-state index is 0.0895. The maximum absolute atomic E-state index is 12.9. The van der Waals surface area contributed by atoms with Crippen LogP contribution in [-0.2, 0) is 22.1 Å². The van der Waals surface area contributed by atoms with Crippen molar-refractivity contribution < 1.29 is 27.8 Å². The number of Topliss-reactive ketones (excluding diaryl/α,β-unsaturated/α-hetero) is 1. The van der Waals surface area contributed by atoms with Gasteiger partial charge in [0, 0.05) is 10.9 Å². The Morgan fingerprint density at radius 1 is 1.48 bits per heavy atom. The van der Waals surface area contributed by atoms with Crippen molar-refractivity contribution in [1.82, 2.24) is 0 Å². The number of nitrogen functional groups attached to an aromatic ring is 1.